The standard InChI is InChI=1S/C13H17BrN2O5/c1-15(7-10(14)8-20-2)13(17)9-4-5-12(21-3)11(6-9)16(18)19/h4-6,10H,7-8H2,1-3H3. The highest BCUT2D eigenvalue weighted by molar-refractivity contribution is 9.09. The Morgan fingerprint density at radius 1 is 1.48 bits per heavy atom. The molecule has 0 aromatic heterocycles. The fourth-order valence-corrected chi connectivity index (χ4v) is 2.50. The lowest BCUT2D eigenvalue weighted by molar-refractivity contribution is -0.385. The molecule has 0 saturated carbocycles. The Morgan fingerprint density at radius 3 is 2.67 bits per heavy atom. The van der Waals surface area contributed by atoms with Gasteiger partial charge in [-0.3, -0.25) is 14.9 Å². The summed E-state index contributed by atoms with van der Waals surface area (Å²) in [6.45, 7) is 0.882. The highest BCUT2D eigenvalue weighted by Crippen LogP contribution is 2.27. The van der Waals surface area contributed by atoms with Crippen LogP contribution in [0.5, 0.6) is 5.75 Å². The van der Waals surface area contributed by atoms with E-state index in [4.69, 9.17) is 9.47 Å². The molecule has 0 aliphatic heterocycles. The second-order valence-corrected chi connectivity index (χ2v) is 5.68. The van der Waals surface area contributed by atoms with Crippen LogP contribution >= 0.6 is 15.9 Å². The zero-order valence-electron chi connectivity index (χ0n) is 12.0. The van der Waals surface area contributed by atoms with Crippen molar-refractivity contribution in [1.82, 2.24) is 4.90 Å². The van der Waals surface area contributed by atoms with Crippen molar-refractivity contribution in [2.24, 2.45) is 0 Å². The third kappa shape index (κ3) is 4.68. The number of ether oxygens (including phenoxy) is 2. The smallest absolute Gasteiger partial charge is 0.311 e. The average Bonchev–Trinajstić information content (AvgIpc) is 2.45. The van der Waals surface area contributed by atoms with E-state index < -0.39 is 4.92 Å². The Bertz CT molecular complexity index is 523. The van der Waals surface area contributed by atoms with E-state index >= 15 is 0 Å². The zero-order valence-corrected chi connectivity index (χ0v) is 13.6. The van der Waals surface area contributed by atoms with Crippen molar-refractivity contribution < 1.29 is 19.2 Å². The number of halogens is 1. The molecule has 0 spiro atoms. The normalized spacial score (nSPS) is 11.8. The van der Waals surface area contributed by atoms with E-state index in [0.717, 1.165) is 0 Å². The Morgan fingerprint density at radius 2 is 2.14 bits per heavy atom. The summed E-state index contributed by atoms with van der Waals surface area (Å²) < 4.78 is 9.89. The van der Waals surface area contributed by atoms with Crippen LogP contribution in [0.3, 0.4) is 0 Å². The van der Waals surface area contributed by atoms with Crippen LogP contribution in [0.1, 0.15) is 10.4 Å². The molecule has 8 heteroatoms. The molecule has 0 aliphatic rings. The molecular formula is C13H17BrN2O5. The van der Waals surface area contributed by atoms with Crippen molar-refractivity contribution >= 4 is 27.5 Å². The van der Waals surface area contributed by atoms with Crippen molar-refractivity contribution in [1.29, 1.82) is 0 Å². The molecule has 0 fully saturated rings. The first kappa shape index (κ1) is 17.4. The van der Waals surface area contributed by atoms with Gasteiger partial charge in [0.25, 0.3) is 5.91 Å². The molecular weight excluding hydrogens is 344 g/mol. The first-order valence-corrected chi connectivity index (χ1v) is 7.03. The van der Waals surface area contributed by atoms with Gasteiger partial charge in [0, 0.05) is 32.3 Å². The SMILES string of the molecule is COCC(Br)CN(C)C(=O)c1ccc(OC)c([N+](=O)[O-])c1. The second kappa shape index (κ2) is 7.94. The van der Waals surface area contributed by atoms with Crippen LogP contribution in [0.2, 0.25) is 0 Å². The number of hydrogen-bond donors (Lipinski definition) is 0. The van der Waals surface area contributed by atoms with Gasteiger partial charge < -0.3 is 14.4 Å². The van der Waals surface area contributed by atoms with Crippen molar-refractivity contribution in [2.45, 2.75) is 4.83 Å². The number of rotatable bonds is 7. The van der Waals surface area contributed by atoms with Gasteiger partial charge in [0.05, 0.1) is 23.5 Å². The number of benzene rings is 1. The number of carbonyl (C=O) groups excluding carboxylic acids is 1. The van der Waals surface area contributed by atoms with Gasteiger partial charge in [-0.1, -0.05) is 15.9 Å². The van der Waals surface area contributed by atoms with Gasteiger partial charge >= 0.3 is 5.69 Å². The lowest BCUT2D eigenvalue weighted by Gasteiger charge is -2.20. The quantitative estimate of drug-likeness (QED) is 0.422. The molecule has 0 radical (unpaired) electrons. The summed E-state index contributed by atoms with van der Waals surface area (Å²) in [4.78, 5) is 24.1. The van der Waals surface area contributed by atoms with Crippen LogP contribution < -0.4 is 4.74 Å². The maximum Gasteiger partial charge on any atom is 0.311 e. The van der Waals surface area contributed by atoms with E-state index in [0.29, 0.717) is 13.2 Å². The van der Waals surface area contributed by atoms with E-state index in [9.17, 15) is 14.9 Å². The fraction of sp³-hybridized carbons (Fsp3) is 0.462. The monoisotopic (exact) mass is 360 g/mol. The number of nitrogens with zero attached hydrogens (tertiary/aromatic N) is 2. The molecule has 1 amide bonds. The average molecular weight is 361 g/mol. The van der Waals surface area contributed by atoms with Crippen LogP contribution in [0.25, 0.3) is 0 Å². The molecule has 1 unspecified atom stereocenters. The van der Waals surface area contributed by atoms with E-state index in [1.54, 1.807) is 14.2 Å². The van der Waals surface area contributed by atoms with E-state index in [-0.39, 0.29) is 27.7 Å². The lowest BCUT2D eigenvalue weighted by atomic mass is 10.1. The molecule has 0 N–H and O–H groups in total. The minimum atomic E-state index is -0.576. The summed E-state index contributed by atoms with van der Waals surface area (Å²) in [5.41, 5.74) is 0.00569. The summed E-state index contributed by atoms with van der Waals surface area (Å²) in [5, 5.41) is 11.0. The predicted octanol–water partition coefficient (Wildman–Crippen LogP) is 2.09. The zero-order chi connectivity index (χ0) is 16.0. The highest BCUT2D eigenvalue weighted by atomic mass is 79.9. The van der Waals surface area contributed by atoms with Gasteiger partial charge in [0.15, 0.2) is 5.75 Å². The molecule has 1 aromatic rings. The molecule has 0 saturated heterocycles. The van der Waals surface area contributed by atoms with Crippen molar-refractivity contribution in [2.75, 3.05) is 34.4 Å². The maximum atomic E-state index is 12.3. The minimum Gasteiger partial charge on any atom is -0.490 e. The van der Waals surface area contributed by atoms with Crippen molar-refractivity contribution in [3.8, 4) is 5.75 Å². The van der Waals surface area contributed by atoms with Gasteiger partial charge in [0.1, 0.15) is 0 Å². The Labute approximate surface area is 131 Å². The minimum absolute atomic E-state index is 0.00955. The number of methoxy groups -OCH3 is 2. The molecule has 7 nitrogen and oxygen atoms in total. The summed E-state index contributed by atoms with van der Waals surface area (Å²) >= 11 is 3.39. The van der Waals surface area contributed by atoms with Crippen molar-refractivity contribution in [3.05, 3.63) is 33.9 Å². The molecule has 21 heavy (non-hydrogen) atoms. The van der Waals surface area contributed by atoms with Crippen LogP contribution in [0, 0.1) is 10.1 Å². The highest BCUT2D eigenvalue weighted by Gasteiger charge is 2.21. The third-order valence-electron chi connectivity index (χ3n) is 2.79. The fourth-order valence-electron chi connectivity index (χ4n) is 1.80. The maximum absolute atomic E-state index is 12.3. The second-order valence-electron chi connectivity index (χ2n) is 4.38. The van der Waals surface area contributed by atoms with Crippen LogP contribution in [-0.4, -0.2) is 55.0 Å². The number of nitro groups is 1. The summed E-state index contributed by atoms with van der Waals surface area (Å²) in [5.74, 6) is -0.182. The molecule has 0 bridgehead atoms. The molecule has 116 valence electrons. The van der Waals surface area contributed by atoms with Crippen molar-refractivity contribution in [3.63, 3.8) is 0 Å². The number of amides is 1. The number of carbonyl (C=O) groups is 1. The number of hydrogen-bond acceptors (Lipinski definition) is 5. The Balaban J connectivity index is 2.92. The van der Waals surface area contributed by atoms with Gasteiger partial charge in [-0.15, -0.1) is 0 Å². The summed E-state index contributed by atoms with van der Waals surface area (Å²) in [7, 11) is 4.54. The Kier molecular flexibility index (Phi) is 6.57. The van der Waals surface area contributed by atoms with Gasteiger partial charge in [-0.2, -0.15) is 0 Å². The topological polar surface area (TPSA) is 81.9 Å². The van der Waals surface area contributed by atoms with Crippen LogP contribution in [0.15, 0.2) is 18.2 Å². The van der Waals surface area contributed by atoms with Gasteiger partial charge in [-0.25, -0.2) is 0 Å². The van der Waals surface area contributed by atoms with Gasteiger partial charge in [0.2, 0.25) is 0 Å². The van der Waals surface area contributed by atoms with E-state index in [2.05, 4.69) is 15.9 Å². The third-order valence-corrected chi connectivity index (χ3v) is 3.34. The van der Waals surface area contributed by atoms with Gasteiger partial charge in [-0.05, 0) is 12.1 Å². The molecule has 0 heterocycles. The molecule has 1 aromatic carbocycles. The van der Waals surface area contributed by atoms with E-state index in [1.807, 2.05) is 0 Å². The van der Waals surface area contributed by atoms with Crippen LogP contribution in [-0.2, 0) is 4.74 Å². The molecule has 0 aliphatic carbocycles. The summed E-state index contributed by atoms with van der Waals surface area (Å²) in [6.07, 6.45) is 0. The molecule has 1 atom stereocenters. The predicted molar refractivity (Wildman–Crippen MR) is 81.2 cm³/mol. The van der Waals surface area contributed by atoms with E-state index in [1.165, 1.54) is 30.2 Å². The first-order valence-electron chi connectivity index (χ1n) is 6.11. The lowest BCUT2D eigenvalue weighted by Crippen LogP contribution is -2.33. The Hall–Kier alpha value is -1.67. The summed E-state index contributed by atoms with van der Waals surface area (Å²) in [6, 6.07) is 4.14. The first-order chi connectivity index (χ1) is 9.90. The largest absolute Gasteiger partial charge is 0.490 e. The molecule has 1 rings (SSSR count). The van der Waals surface area contributed by atoms with Crippen LogP contribution in [0.4, 0.5) is 5.69 Å². The number of alkyl halides is 1. The number of nitro benzene ring substituents is 1.